The average Bonchev–Trinajstić information content (AvgIpc) is 3.28. The number of rotatable bonds is 4. The van der Waals surface area contributed by atoms with E-state index >= 15 is 0 Å². The van der Waals surface area contributed by atoms with Crippen molar-refractivity contribution in [1.29, 1.82) is 0 Å². The number of furan rings is 1. The molecule has 4 aromatic carbocycles. The lowest BCUT2D eigenvalue weighted by atomic mass is 9.90. The van der Waals surface area contributed by atoms with Gasteiger partial charge in [-0.25, -0.2) is 0 Å². The molecule has 0 saturated heterocycles. The molecule has 0 amide bonds. The Bertz CT molecular complexity index is 1760. The summed E-state index contributed by atoms with van der Waals surface area (Å²) < 4.78 is 12.3. The minimum Gasteiger partial charge on any atom is -0.508 e. The number of ketones is 1. The van der Waals surface area contributed by atoms with Crippen LogP contribution in [0.2, 0.25) is 0 Å². The van der Waals surface area contributed by atoms with Crippen LogP contribution in [0.3, 0.4) is 0 Å². The van der Waals surface area contributed by atoms with E-state index in [-0.39, 0.29) is 57.3 Å². The topological polar surface area (TPSA) is 181 Å². The summed E-state index contributed by atoms with van der Waals surface area (Å²) in [6.45, 7) is 0. The fourth-order valence-electron chi connectivity index (χ4n) is 5.05. The van der Waals surface area contributed by atoms with Gasteiger partial charge in [-0.3, -0.25) is 4.79 Å². The van der Waals surface area contributed by atoms with Crippen molar-refractivity contribution in [2.24, 2.45) is 0 Å². The monoisotopic (exact) mass is 542 g/mol. The minimum atomic E-state index is -1.09. The van der Waals surface area contributed by atoms with E-state index in [1.807, 2.05) is 0 Å². The SMILES string of the molecule is O=C(c1c(O)cc(O)cc1O)c1c(-c2ccc(O)cc2)oc2cc(O)c3c(c12)O[C@H](c1ccc(O)cc1)[C@@H](O)C3. The predicted octanol–water partition coefficient (Wildman–Crippen LogP) is 4.60. The number of ether oxygens (including phenoxy) is 1. The first-order valence-electron chi connectivity index (χ1n) is 12.2. The third kappa shape index (κ3) is 3.98. The van der Waals surface area contributed by atoms with E-state index < -0.39 is 40.8 Å². The molecule has 7 N–H and O–H groups in total. The summed E-state index contributed by atoms with van der Waals surface area (Å²) in [6, 6.07) is 14.9. The normalized spacial score (nSPS) is 16.4. The van der Waals surface area contributed by atoms with E-state index in [1.165, 1.54) is 42.5 Å². The van der Waals surface area contributed by atoms with Gasteiger partial charge in [0.15, 0.2) is 0 Å². The number of hydrogen-bond acceptors (Lipinski definition) is 10. The molecular formula is C30H22O10. The zero-order chi connectivity index (χ0) is 28.3. The molecule has 202 valence electrons. The number of benzene rings is 4. The van der Waals surface area contributed by atoms with E-state index in [0.717, 1.165) is 12.1 Å². The van der Waals surface area contributed by atoms with Crippen LogP contribution >= 0.6 is 0 Å². The van der Waals surface area contributed by atoms with Crippen LogP contribution in [0.25, 0.3) is 22.3 Å². The summed E-state index contributed by atoms with van der Waals surface area (Å²) in [5.41, 5.74) is 0.496. The van der Waals surface area contributed by atoms with Gasteiger partial charge in [0.1, 0.15) is 63.3 Å². The number of hydrogen-bond donors (Lipinski definition) is 7. The van der Waals surface area contributed by atoms with E-state index in [2.05, 4.69) is 0 Å². The van der Waals surface area contributed by atoms with Crippen LogP contribution in [0.1, 0.15) is 33.2 Å². The second-order valence-electron chi connectivity index (χ2n) is 9.52. The summed E-state index contributed by atoms with van der Waals surface area (Å²) >= 11 is 0. The Hall–Kier alpha value is -5.35. The summed E-state index contributed by atoms with van der Waals surface area (Å²) in [6.07, 6.45) is -2.08. The first-order chi connectivity index (χ1) is 19.1. The zero-order valence-electron chi connectivity index (χ0n) is 20.6. The van der Waals surface area contributed by atoms with Gasteiger partial charge in [0.2, 0.25) is 5.78 Å². The van der Waals surface area contributed by atoms with Gasteiger partial charge >= 0.3 is 0 Å². The Morgan fingerprint density at radius 3 is 1.95 bits per heavy atom. The molecule has 0 fully saturated rings. The van der Waals surface area contributed by atoms with Crippen molar-refractivity contribution >= 4 is 16.8 Å². The van der Waals surface area contributed by atoms with E-state index in [9.17, 15) is 40.5 Å². The van der Waals surface area contributed by atoms with E-state index in [4.69, 9.17) is 9.15 Å². The van der Waals surface area contributed by atoms with Crippen LogP contribution in [0.5, 0.6) is 40.2 Å². The van der Waals surface area contributed by atoms with Gasteiger partial charge in [-0.05, 0) is 42.0 Å². The van der Waals surface area contributed by atoms with Gasteiger partial charge in [-0.2, -0.15) is 0 Å². The fourth-order valence-corrected chi connectivity index (χ4v) is 5.05. The highest BCUT2D eigenvalue weighted by molar-refractivity contribution is 6.23. The molecule has 10 nitrogen and oxygen atoms in total. The number of aromatic hydroxyl groups is 6. The summed E-state index contributed by atoms with van der Waals surface area (Å²) in [7, 11) is 0. The average molecular weight is 542 g/mol. The Morgan fingerprint density at radius 1 is 0.725 bits per heavy atom. The van der Waals surface area contributed by atoms with Crippen molar-refractivity contribution in [3.05, 3.63) is 89.0 Å². The molecule has 0 saturated carbocycles. The Kier molecular flexibility index (Phi) is 5.70. The number of carbonyl (C=O) groups is 1. The van der Waals surface area contributed by atoms with Gasteiger partial charge in [0, 0.05) is 35.7 Å². The number of fused-ring (bicyclic) bond motifs is 3. The molecule has 2 heterocycles. The summed E-state index contributed by atoms with van der Waals surface area (Å²) in [5, 5.41) is 72.1. The lowest BCUT2D eigenvalue weighted by molar-refractivity contribution is 0.0211. The molecule has 0 radical (unpaired) electrons. The highest BCUT2D eigenvalue weighted by atomic mass is 16.5. The zero-order valence-corrected chi connectivity index (χ0v) is 20.6. The fraction of sp³-hybridized carbons (Fsp3) is 0.100. The largest absolute Gasteiger partial charge is 0.508 e. The highest BCUT2D eigenvalue weighted by Gasteiger charge is 2.37. The molecule has 0 spiro atoms. The second-order valence-corrected chi connectivity index (χ2v) is 9.52. The van der Waals surface area contributed by atoms with Crippen LogP contribution in [0, 0.1) is 0 Å². The molecule has 0 bridgehead atoms. The van der Waals surface area contributed by atoms with Crippen molar-refractivity contribution in [1.82, 2.24) is 0 Å². The van der Waals surface area contributed by atoms with E-state index in [0.29, 0.717) is 11.1 Å². The van der Waals surface area contributed by atoms with Gasteiger partial charge in [-0.15, -0.1) is 0 Å². The first kappa shape index (κ1) is 25.0. The molecule has 0 aliphatic carbocycles. The molecule has 0 unspecified atom stereocenters. The van der Waals surface area contributed by atoms with Gasteiger partial charge in [0.05, 0.1) is 17.1 Å². The van der Waals surface area contributed by atoms with Crippen LogP contribution < -0.4 is 4.74 Å². The smallest absolute Gasteiger partial charge is 0.205 e. The lowest BCUT2D eigenvalue weighted by Crippen LogP contribution is -2.30. The molecule has 2 atom stereocenters. The van der Waals surface area contributed by atoms with Gasteiger partial charge < -0.3 is 44.9 Å². The minimum absolute atomic E-state index is 0.00409. The molecule has 1 aliphatic heterocycles. The number of aliphatic hydroxyl groups is 1. The maximum absolute atomic E-state index is 14.1. The van der Waals surface area contributed by atoms with Crippen molar-refractivity contribution in [3.8, 4) is 51.6 Å². The van der Waals surface area contributed by atoms with Gasteiger partial charge in [0.25, 0.3) is 0 Å². The molecule has 1 aromatic heterocycles. The number of aliphatic hydroxyl groups excluding tert-OH is 1. The number of carbonyl (C=O) groups excluding carboxylic acids is 1. The summed E-state index contributed by atoms with van der Waals surface area (Å²) in [5.74, 6) is -2.91. The quantitative estimate of drug-likeness (QED) is 0.159. The molecule has 1 aliphatic rings. The maximum Gasteiger partial charge on any atom is 0.205 e. The Balaban J connectivity index is 1.64. The third-order valence-corrected chi connectivity index (χ3v) is 6.91. The lowest BCUT2D eigenvalue weighted by Gasteiger charge is -2.31. The maximum atomic E-state index is 14.1. The van der Waals surface area contributed by atoms with Crippen LogP contribution in [-0.4, -0.2) is 47.6 Å². The third-order valence-electron chi connectivity index (χ3n) is 6.91. The Morgan fingerprint density at radius 2 is 1.32 bits per heavy atom. The molecule has 6 rings (SSSR count). The van der Waals surface area contributed by atoms with Gasteiger partial charge in [-0.1, -0.05) is 12.1 Å². The van der Waals surface area contributed by atoms with Crippen molar-refractivity contribution in [2.75, 3.05) is 0 Å². The van der Waals surface area contributed by atoms with Crippen LogP contribution in [0.15, 0.2) is 71.1 Å². The van der Waals surface area contributed by atoms with Crippen LogP contribution in [0.4, 0.5) is 0 Å². The number of phenolic OH excluding ortho intramolecular Hbond substituents is 6. The van der Waals surface area contributed by atoms with Crippen molar-refractivity contribution in [2.45, 2.75) is 18.6 Å². The first-order valence-corrected chi connectivity index (χ1v) is 12.2. The standard InChI is InChI=1S/C30H22O10/c31-15-5-1-13(2-6-15)28-22(37)11-18-19(34)12-23-25(30(18)40-28)26(29(39-23)14-3-7-16(32)8-4-14)27(38)24-20(35)9-17(33)10-21(24)36/h1-10,12,22,28,31-37H,11H2/t22-,28+/m0/s1. The summed E-state index contributed by atoms with van der Waals surface area (Å²) in [4.78, 5) is 14.1. The Labute approximate surface area is 225 Å². The van der Waals surface area contributed by atoms with Crippen molar-refractivity contribution < 1.29 is 49.7 Å². The molecule has 10 heteroatoms. The second kappa shape index (κ2) is 9.14. The molecular weight excluding hydrogens is 520 g/mol. The van der Waals surface area contributed by atoms with Crippen LogP contribution in [-0.2, 0) is 6.42 Å². The predicted molar refractivity (Wildman–Crippen MR) is 141 cm³/mol. The molecule has 5 aromatic rings. The van der Waals surface area contributed by atoms with Crippen molar-refractivity contribution in [3.63, 3.8) is 0 Å². The number of phenols is 6. The molecule has 40 heavy (non-hydrogen) atoms. The highest BCUT2D eigenvalue weighted by Crippen LogP contribution is 2.50. The van der Waals surface area contributed by atoms with E-state index in [1.54, 1.807) is 12.1 Å².